The van der Waals surface area contributed by atoms with Crippen LogP contribution in [0.3, 0.4) is 0 Å². The summed E-state index contributed by atoms with van der Waals surface area (Å²) in [5.74, 6) is 0.550. The van der Waals surface area contributed by atoms with Crippen LogP contribution in [0.2, 0.25) is 0 Å². The normalized spacial score (nSPS) is 11.8. The van der Waals surface area contributed by atoms with Crippen molar-refractivity contribution in [2.24, 2.45) is 0 Å². The van der Waals surface area contributed by atoms with Gasteiger partial charge < -0.3 is 10.1 Å². The van der Waals surface area contributed by atoms with Crippen LogP contribution in [0, 0.1) is 3.95 Å². The van der Waals surface area contributed by atoms with E-state index in [0.717, 1.165) is 10.0 Å². The fourth-order valence-corrected chi connectivity index (χ4v) is 4.84. The van der Waals surface area contributed by atoms with Gasteiger partial charge in [-0.1, -0.05) is 53.4 Å². The summed E-state index contributed by atoms with van der Waals surface area (Å²) in [6, 6.07) is 17.1. The number of amides is 1. The first-order valence-corrected chi connectivity index (χ1v) is 10.5. The minimum Gasteiger partial charge on any atom is -0.492 e. The molecule has 8 heteroatoms. The highest BCUT2D eigenvalue weighted by Crippen LogP contribution is 2.29. The molecule has 1 amide bonds. The van der Waals surface area contributed by atoms with E-state index in [1.165, 1.54) is 23.1 Å². The molecule has 0 aliphatic carbocycles. The van der Waals surface area contributed by atoms with E-state index in [0.29, 0.717) is 22.0 Å². The summed E-state index contributed by atoms with van der Waals surface area (Å²) in [5.41, 5.74) is 1.58. The lowest BCUT2D eigenvalue weighted by Crippen LogP contribution is -2.22. The van der Waals surface area contributed by atoms with E-state index in [1.54, 1.807) is 4.68 Å². The monoisotopic (exact) mass is 417 g/mol. The summed E-state index contributed by atoms with van der Waals surface area (Å²) in [6.07, 6.45) is 0. The molecule has 0 saturated heterocycles. The molecule has 1 aromatic heterocycles. The molecule has 27 heavy (non-hydrogen) atoms. The molecule has 0 aliphatic rings. The maximum atomic E-state index is 12.6. The zero-order valence-corrected chi connectivity index (χ0v) is 17.4. The second-order valence-electron chi connectivity index (χ2n) is 5.56. The van der Waals surface area contributed by atoms with E-state index >= 15 is 0 Å². The number of carbonyl (C=O) groups is 1. The van der Waals surface area contributed by atoms with E-state index < -0.39 is 0 Å². The minimum absolute atomic E-state index is 0.112. The molecule has 0 saturated carbocycles. The van der Waals surface area contributed by atoms with Crippen LogP contribution in [0.4, 0.5) is 5.69 Å². The largest absolute Gasteiger partial charge is 0.492 e. The number of nitrogens with one attached hydrogen (secondary N) is 1. The topological polar surface area (TPSA) is 56.1 Å². The van der Waals surface area contributed by atoms with Crippen molar-refractivity contribution in [3.63, 3.8) is 0 Å². The third-order valence-corrected chi connectivity index (χ3v) is 6.04. The Morgan fingerprint density at radius 1 is 1.26 bits per heavy atom. The highest BCUT2D eigenvalue weighted by Gasteiger charge is 2.19. The molecular weight excluding hydrogens is 398 g/mol. The maximum Gasteiger partial charge on any atom is 0.237 e. The Morgan fingerprint density at radius 2 is 1.96 bits per heavy atom. The first kappa shape index (κ1) is 19.6. The number of para-hydroxylation sites is 3. The molecule has 1 atom stereocenters. The fraction of sp³-hybridized carbons (Fsp3) is 0.211. The van der Waals surface area contributed by atoms with Gasteiger partial charge in [-0.15, -0.1) is 5.10 Å². The smallest absolute Gasteiger partial charge is 0.237 e. The maximum absolute atomic E-state index is 12.6. The van der Waals surface area contributed by atoms with Crippen LogP contribution >= 0.6 is 35.3 Å². The lowest BCUT2D eigenvalue weighted by atomic mass is 10.3. The van der Waals surface area contributed by atoms with Gasteiger partial charge in [0.25, 0.3) is 0 Å². The van der Waals surface area contributed by atoms with Gasteiger partial charge in [-0.25, -0.2) is 4.68 Å². The fourth-order valence-electron chi connectivity index (χ4n) is 2.33. The van der Waals surface area contributed by atoms with E-state index in [1.807, 2.05) is 68.4 Å². The molecule has 0 radical (unpaired) electrons. The van der Waals surface area contributed by atoms with Crippen molar-refractivity contribution >= 4 is 46.9 Å². The van der Waals surface area contributed by atoms with Gasteiger partial charge in [0.05, 0.1) is 23.2 Å². The number of rotatable bonds is 7. The summed E-state index contributed by atoms with van der Waals surface area (Å²) in [6.45, 7) is 4.30. The molecule has 2 aromatic carbocycles. The van der Waals surface area contributed by atoms with Gasteiger partial charge in [-0.3, -0.25) is 4.79 Å². The van der Waals surface area contributed by atoms with Crippen LogP contribution < -0.4 is 10.1 Å². The standard InChI is InChI=1S/C19H19N3O2S3/c1-3-24-16-12-8-7-11-15(16)20-17(23)13(2)26-18-21-22(19(25)27-18)14-9-5-4-6-10-14/h4-13H,3H2,1-2H3,(H,20,23)/t13-/m0/s1. The number of benzene rings is 2. The Balaban J connectivity index is 1.70. The van der Waals surface area contributed by atoms with Crippen molar-refractivity contribution in [1.82, 2.24) is 9.78 Å². The van der Waals surface area contributed by atoms with Gasteiger partial charge >= 0.3 is 0 Å². The minimum atomic E-state index is -0.329. The predicted octanol–water partition coefficient (Wildman–Crippen LogP) is 5.18. The third kappa shape index (κ3) is 4.97. The molecule has 3 aromatic rings. The molecular formula is C19H19N3O2S3. The van der Waals surface area contributed by atoms with Crippen molar-refractivity contribution in [1.29, 1.82) is 0 Å². The number of ether oxygens (including phenoxy) is 1. The lowest BCUT2D eigenvalue weighted by Gasteiger charge is -2.13. The van der Waals surface area contributed by atoms with E-state index in [-0.39, 0.29) is 11.2 Å². The first-order valence-electron chi connectivity index (χ1n) is 8.43. The number of carbonyl (C=O) groups excluding carboxylic acids is 1. The number of hydrogen-bond acceptors (Lipinski definition) is 6. The van der Waals surface area contributed by atoms with Crippen molar-refractivity contribution < 1.29 is 9.53 Å². The van der Waals surface area contributed by atoms with Crippen LogP contribution in [-0.4, -0.2) is 27.5 Å². The van der Waals surface area contributed by atoms with Gasteiger partial charge in [-0.05, 0) is 50.3 Å². The first-order chi connectivity index (χ1) is 13.1. The molecule has 1 N–H and O–H groups in total. The number of anilines is 1. The summed E-state index contributed by atoms with van der Waals surface area (Å²) in [4.78, 5) is 12.6. The van der Waals surface area contributed by atoms with E-state index in [4.69, 9.17) is 17.0 Å². The van der Waals surface area contributed by atoms with Gasteiger partial charge in [0, 0.05) is 0 Å². The van der Waals surface area contributed by atoms with Crippen molar-refractivity contribution in [3.05, 3.63) is 58.6 Å². The molecule has 140 valence electrons. The average Bonchev–Trinajstić information content (AvgIpc) is 3.04. The Morgan fingerprint density at radius 3 is 2.70 bits per heavy atom. The quantitative estimate of drug-likeness (QED) is 0.424. The molecule has 5 nitrogen and oxygen atoms in total. The van der Waals surface area contributed by atoms with Crippen LogP contribution in [0.15, 0.2) is 58.9 Å². The van der Waals surface area contributed by atoms with Gasteiger partial charge in [0.1, 0.15) is 5.75 Å². The van der Waals surface area contributed by atoms with E-state index in [9.17, 15) is 4.79 Å². The van der Waals surface area contributed by atoms with Crippen molar-refractivity contribution in [2.45, 2.75) is 23.4 Å². The highest BCUT2D eigenvalue weighted by molar-refractivity contribution is 8.02. The number of hydrogen-bond donors (Lipinski definition) is 1. The number of thioether (sulfide) groups is 1. The average molecular weight is 418 g/mol. The van der Waals surface area contributed by atoms with Crippen LogP contribution in [-0.2, 0) is 4.79 Å². The molecule has 0 spiro atoms. The second kappa shape index (κ2) is 9.16. The highest BCUT2D eigenvalue weighted by atomic mass is 32.2. The molecule has 0 bridgehead atoms. The number of aromatic nitrogens is 2. The molecule has 3 rings (SSSR count). The van der Waals surface area contributed by atoms with Crippen molar-refractivity contribution in [3.8, 4) is 11.4 Å². The molecule has 0 unspecified atom stereocenters. The van der Waals surface area contributed by atoms with Gasteiger partial charge in [-0.2, -0.15) is 0 Å². The summed E-state index contributed by atoms with van der Waals surface area (Å²) in [5, 5.41) is 7.14. The van der Waals surface area contributed by atoms with E-state index in [2.05, 4.69) is 10.4 Å². The zero-order chi connectivity index (χ0) is 19.2. The van der Waals surface area contributed by atoms with Crippen LogP contribution in [0.25, 0.3) is 5.69 Å². The second-order valence-corrected chi connectivity index (χ2v) is 8.77. The Bertz CT molecular complexity index is 970. The summed E-state index contributed by atoms with van der Waals surface area (Å²) in [7, 11) is 0. The number of nitrogens with zero attached hydrogens (tertiary/aromatic N) is 2. The molecule has 0 fully saturated rings. The SMILES string of the molecule is CCOc1ccccc1NC(=O)[C@H](C)Sc1nn(-c2ccccc2)c(=S)s1. The Kier molecular flexibility index (Phi) is 6.65. The molecule has 0 aliphatic heterocycles. The van der Waals surface area contributed by atoms with Gasteiger partial charge in [0.2, 0.25) is 5.91 Å². The molecule has 1 heterocycles. The predicted molar refractivity (Wildman–Crippen MR) is 114 cm³/mol. The Hall–Kier alpha value is -2.16. The van der Waals surface area contributed by atoms with Crippen molar-refractivity contribution in [2.75, 3.05) is 11.9 Å². The summed E-state index contributed by atoms with van der Waals surface area (Å²) >= 11 is 8.20. The third-order valence-electron chi connectivity index (χ3n) is 3.62. The summed E-state index contributed by atoms with van der Waals surface area (Å²) < 4.78 is 8.68. The zero-order valence-electron chi connectivity index (χ0n) is 14.9. The van der Waals surface area contributed by atoms with Crippen LogP contribution in [0.1, 0.15) is 13.8 Å². The Labute approximate surface area is 171 Å². The van der Waals surface area contributed by atoms with Gasteiger partial charge in [0.15, 0.2) is 8.29 Å². The van der Waals surface area contributed by atoms with Crippen LogP contribution in [0.5, 0.6) is 5.75 Å². The lowest BCUT2D eigenvalue weighted by molar-refractivity contribution is -0.115.